The third-order valence-electron chi connectivity index (χ3n) is 4.03. The molecule has 1 N–H and O–H groups in total. The Morgan fingerprint density at radius 3 is 2.89 bits per heavy atom. The fraction of sp³-hybridized carbons (Fsp3) is 0.263. The first-order chi connectivity index (χ1) is 13.6. The molecule has 0 bridgehead atoms. The largest absolute Gasteiger partial charge is 0.302 e. The molecule has 144 valence electrons. The van der Waals surface area contributed by atoms with Crippen molar-refractivity contribution in [2.75, 3.05) is 11.1 Å². The minimum absolute atomic E-state index is 0.0944. The lowest BCUT2D eigenvalue weighted by Gasteiger charge is -2.07. The predicted molar refractivity (Wildman–Crippen MR) is 117 cm³/mol. The topological polar surface area (TPSA) is 72.7 Å². The maximum absolute atomic E-state index is 12.4. The fourth-order valence-corrected chi connectivity index (χ4v) is 5.13. The van der Waals surface area contributed by atoms with Gasteiger partial charge in [0.25, 0.3) is 0 Å². The lowest BCUT2D eigenvalue weighted by atomic mass is 10.3. The van der Waals surface area contributed by atoms with Crippen LogP contribution in [0.1, 0.15) is 18.2 Å². The number of para-hydroxylation sites is 1. The molecule has 9 heteroatoms. The van der Waals surface area contributed by atoms with Gasteiger partial charge < -0.3 is 9.88 Å². The molecule has 6 nitrogen and oxygen atoms in total. The van der Waals surface area contributed by atoms with Gasteiger partial charge in [-0.3, -0.25) is 4.79 Å². The van der Waals surface area contributed by atoms with Gasteiger partial charge in [-0.25, -0.2) is 4.98 Å². The van der Waals surface area contributed by atoms with Gasteiger partial charge in [-0.05, 0) is 31.5 Å². The third-order valence-corrected chi connectivity index (χ3v) is 6.81. The zero-order valence-corrected chi connectivity index (χ0v) is 18.0. The van der Waals surface area contributed by atoms with Gasteiger partial charge in [0.05, 0.1) is 16.0 Å². The molecule has 0 saturated heterocycles. The Kier molecular flexibility index (Phi) is 5.74. The number of hydrogen-bond acceptors (Lipinski definition) is 7. The molecule has 3 aromatic heterocycles. The highest BCUT2D eigenvalue weighted by Gasteiger charge is 2.16. The van der Waals surface area contributed by atoms with E-state index < -0.39 is 0 Å². The average Bonchev–Trinajstić information content (AvgIpc) is 3.38. The standard InChI is InChI=1S/C19H19N5OS3/c1-3-8-24-17(13-9-12(2)26-10-13)22-23-19(24)27-11-16(25)21-18-20-14-6-4-5-7-15(14)28-18/h4-7,9-10H,3,8,11H2,1-2H3,(H,20,21,25). The lowest BCUT2D eigenvalue weighted by molar-refractivity contribution is -0.113. The van der Waals surface area contributed by atoms with Gasteiger partial charge in [0, 0.05) is 22.4 Å². The second-order valence-electron chi connectivity index (χ2n) is 6.23. The zero-order valence-electron chi connectivity index (χ0n) is 15.5. The lowest BCUT2D eigenvalue weighted by Crippen LogP contribution is -2.14. The van der Waals surface area contributed by atoms with Crippen LogP contribution in [0.2, 0.25) is 0 Å². The predicted octanol–water partition coefficient (Wildman–Crippen LogP) is 5.07. The summed E-state index contributed by atoms with van der Waals surface area (Å²) in [5, 5.41) is 15.1. The number of benzene rings is 1. The Bertz CT molecular complexity index is 1080. The highest BCUT2D eigenvalue weighted by Crippen LogP contribution is 2.28. The highest BCUT2D eigenvalue weighted by molar-refractivity contribution is 7.99. The van der Waals surface area contributed by atoms with Gasteiger partial charge in [-0.1, -0.05) is 42.2 Å². The second-order valence-corrected chi connectivity index (χ2v) is 9.32. The van der Waals surface area contributed by atoms with E-state index in [1.54, 1.807) is 11.3 Å². The normalized spacial score (nSPS) is 11.2. The Hall–Kier alpha value is -2.23. The van der Waals surface area contributed by atoms with Gasteiger partial charge in [-0.15, -0.1) is 21.5 Å². The number of nitrogens with one attached hydrogen (secondary N) is 1. The molecule has 1 amide bonds. The van der Waals surface area contributed by atoms with Crippen LogP contribution in [0.25, 0.3) is 21.6 Å². The molecule has 0 aliphatic heterocycles. The molecule has 0 atom stereocenters. The van der Waals surface area contributed by atoms with Crippen molar-refractivity contribution in [2.45, 2.75) is 32.0 Å². The van der Waals surface area contributed by atoms with E-state index >= 15 is 0 Å². The highest BCUT2D eigenvalue weighted by atomic mass is 32.2. The van der Waals surface area contributed by atoms with Crippen molar-refractivity contribution in [3.05, 3.63) is 40.6 Å². The molecule has 0 fully saturated rings. The Balaban J connectivity index is 1.45. The van der Waals surface area contributed by atoms with Crippen molar-refractivity contribution in [1.29, 1.82) is 0 Å². The number of fused-ring (bicyclic) bond motifs is 1. The number of thioether (sulfide) groups is 1. The van der Waals surface area contributed by atoms with Crippen molar-refractivity contribution < 1.29 is 4.79 Å². The molecule has 0 saturated carbocycles. The molecular weight excluding hydrogens is 410 g/mol. The Labute approximate surface area is 175 Å². The van der Waals surface area contributed by atoms with Crippen LogP contribution in [0.5, 0.6) is 0 Å². The van der Waals surface area contributed by atoms with Crippen LogP contribution < -0.4 is 5.32 Å². The molecule has 28 heavy (non-hydrogen) atoms. The van der Waals surface area contributed by atoms with Gasteiger partial charge in [0.1, 0.15) is 0 Å². The van der Waals surface area contributed by atoms with Crippen LogP contribution in [0.15, 0.2) is 40.9 Å². The van der Waals surface area contributed by atoms with E-state index in [2.05, 4.69) is 50.4 Å². The first-order valence-electron chi connectivity index (χ1n) is 8.91. The monoisotopic (exact) mass is 429 g/mol. The van der Waals surface area contributed by atoms with Crippen molar-refractivity contribution in [3.8, 4) is 11.4 Å². The number of aryl methyl sites for hydroxylation is 1. The van der Waals surface area contributed by atoms with Gasteiger partial charge in [0.15, 0.2) is 16.1 Å². The second kappa shape index (κ2) is 8.42. The van der Waals surface area contributed by atoms with E-state index in [-0.39, 0.29) is 11.7 Å². The van der Waals surface area contributed by atoms with Crippen molar-refractivity contribution in [1.82, 2.24) is 19.7 Å². The van der Waals surface area contributed by atoms with E-state index in [9.17, 15) is 4.79 Å². The van der Waals surface area contributed by atoms with E-state index in [1.807, 2.05) is 24.3 Å². The van der Waals surface area contributed by atoms with Gasteiger partial charge in [0.2, 0.25) is 5.91 Å². The first kappa shape index (κ1) is 19.1. The van der Waals surface area contributed by atoms with Gasteiger partial charge >= 0.3 is 0 Å². The summed E-state index contributed by atoms with van der Waals surface area (Å²) in [4.78, 5) is 18.1. The third kappa shape index (κ3) is 4.11. The smallest absolute Gasteiger partial charge is 0.236 e. The Morgan fingerprint density at radius 1 is 1.29 bits per heavy atom. The van der Waals surface area contributed by atoms with E-state index in [1.165, 1.54) is 28.0 Å². The van der Waals surface area contributed by atoms with Crippen LogP contribution in [-0.2, 0) is 11.3 Å². The maximum atomic E-state index is 12.4. The van der Waals surface area contributed by atoms with Crippen LogP contribution in [0, 0.1) is 6.92 Å². The number of aromatic nitrogens is 4. The minimum Gasteiger partial charge on any atom is -0.302 e. The fourth-order valence-electron chi connectivity index (χ4n) is 2.81. The molecular formula is C19H19N5OS3. The van der Waals surface area contributed by atoms with Crippen molar-refractivity contribution >= 4 is 55.7 Å². The first-order valence-corrected chi connectivity index (χ1v) is 11.6. The van der Waals surface area contributed by atoms with E-state index in [0.717, 1.165) is 39.7 Å². The quantitative estimate of drug-likeness (QED) is 0.416. The molecule has 0 aliphatic rings. The van der Waals surface area contributed by atoms with Crippen molar-refractivity contribution in [2.24, 2.45) is 0 Å². The molecule has 3 heterocycles. The minimum atomic E-state index is -0.0944. The summed E-state index contributed by atoms with van der Waals surface area (Å²) >= 11 is 4.58. The molecule has 4 rings (SSSR count). The number of thiophene rings is 1. The number of nitrogens with zero attached hydrogens (tertiary/aromatic N) is 4. The van der Waals surface area contributed by atoms with Crippen LogP contribution in [0.4, 0.5) is 5.13 Å². The SMILES string of the molecule is CCCn1c(SCC(=O)Nc2nc3ccccc3s2)nnc1-c1csc(C)c1. The number of thiazole rings is 1. The van der Waals surface area contributed by atoms with Crippen LogP contribution >= 0.6 is 34.4 Å². The molecule has 0 spiro atoms. The Morgan fingerprint density at radius 2 is 2.14 bits per heavy atom. The summed E-state index contributed by atoms with van der Waals surface area (Å²) < 4.78 is 3.15. The summed E-state index contributed by atoms with van der Waals surface area (Å²) in [5.74, 6) is 1.03. The average molecular weight is 430 g/mol. The number of carbonyl (C=O) groups excluding carboxylic acids is 1. The van der Waals surface area contributed by atoms with E-state index in [4.69, 9.17) is 0 Å². The van der Waals surface area contributed by atoms with Crippen molar-refractivity contribution in [3.63, 3.8) is 0 Å². The summed E-state index contributed by atoms with van der Waals surface area (Å²) in [7, 11) is 0. The van der Waals surface area contributed by atoms with Crippen LogP contribution in [0.3, 0.4) is 0 Å². The van der Waals surface area contributed by atoms with Crippen LogP contribution in [-0.4, -0.2) is 31.4 Å². The molecule has 0 unspecified atom stereocenters. The molecule has 1 aromatic carbocycles. The molecule has 0 radical (unpaired) electrons. The molecule has 4 aromatic rings. The summed E-state index contributed by atoms with van der Waals surface area (Å²) in [5.41, 5.74) is 1.98. The van der Waals surface area contributed by atoms with E-state index in [0.29, 0.717) is 5.13 Å². The number of carbonyl (C=O) groups is 1. The number of hydrogen-bond donors (Lipinski definition) is 1. The number of rotatable bonds is 7. The van der Waals surface area contributed by atoms with Gasteiger partial charge in [-0.2, -0.15) is 0 Å². The summed E-state index contributed by atoms with van der Waals surface area (Å²) in [6, 6.07) is 9.97. The zero-order chi connectivity index (χ0) is 19.5. The number of amides is 1. The number of anilines is 1. The summed E-state index contributed by atoms with van der Waals surface area (Å²) in [6.45, 7) is 5.02. The molecule has 0 aliphatic carbocycles. The maximum Gasteiger partial charge on any atom is 0.236 e. The summed E-state index contributed by atoms with van der Waals surface area (Å²) in [6.07, 6.45) is 0.972.